The Morgan fingerprint density at radius 1 is 1.33 bits per heavy atom. The van der Waals surface area contributed by atoms with Crippen molar-refractivity contribution in [2.75, 3.05) is 12.4 Å². The third kappa shape index (κ3) is 4.18. The van der Waals surface area contributed by atoms with Crippen molar-refractivity contribution in [3.05, 3.63) is 23.8 Å². The lowest BCUT2D eigenvalue weighted by atomic mass is 10.2. The van der Waals surface area contributed by atoms with Crippen molar-refractivity contribution in [3.63, 3.8) is 0 Å². The lowest BCUT2D eigenvalue weighted by Crippen LogP contribution is -2.37. The Balaban J connectivity index is 2.71. The lowest BCUT2D eigenvalue weighted by Gasteiger charge is -2.19. The molecule has 0 radical (unpaired) electrons. The molecule has 0 bridgehead atoms. The van der Waals surface area contributed by atoms with E-state index in [-0.39, 0.29) is 0 Å². The van der Waals surface area contributed by atoms with Crippen LogP contribution in [0, 0.1) is 6.92 Å². The monoisotopic (exact) mass is 266 g/mol. The van der Waals surface area contributed by atoms with Gasteiger partial charge in [0.05, 0.1) is 12.8 Å². The molecule has 18 heavy (non-hydrogen) atoms. The Hall–Kier alpha value is -1.29. The molecule has 1 aromatic rings. The molecule has 0 aliphatic carbocycles. The maximum Gasteiger partial charge on any atom is 0.171 e. The number of benzene rings is 1. The van der Waals surface area contributed by atoms with Crippen LogP contribution in [-0.4, -0.2) is 18.3 Å². The highest BCUT2D eigenvalue weighted by atomic mass is 32.1. The highest BCUT2D eigenvalue weighted by Crippen LogP contribution is 2.25. The topological polar surface area (TPSA) is 33.3 Å². The largest absolute Gasteiger partial charge is 0.495 e. The maximum atomic E-state index is 5.32. The number of nitrogens with one attached hydrogen (secondary N) is 2. The normalized spacial score (nSPS) is 10.3. The number of thiocarbonyl (C=S) groups is 1. The standard InChI is InChI=1S/C14H22N2OS/c1-5-11(6-2)15-14(18)16-12-9-10(3)7-8-13(12)17-4/h7-9,11H,5-6H2,1-4H3,(H2,15,16,18). The molecule has 0 saturated heterocycles. The maximum absolute atomic E-state index is 5.32. The summed E-state index contributed by atoms with van der Waals surface area (Å²) in [5, 5.41) is 7.14. The molecule has 0 saturated carbocycles. The van der Waals surface area contributed by atoms with Crippen LogP contribution in [0.1, 0.15) is 32.3 Å². The number of rotatable bonds is 5. The second-order valence-electron chi connectivity index (χ2n) is 4.32. The smallest absolute Gasteiger partial charge is 0.171 e. The third-order valence-electron chi connectivity index (χ3n) is 2.92. The van der Waals surface area contributed by atoms with Crippen LogP contribution in [0.4, 0.5) is 5.69 Å². The van der Waals surface area contributed by atoms with E-state index in [2.05, 4.69) is 24.5 Å². The zero-order valence-corrected chi connectivity index (χ0v) is 12.4. The number of methoxy groups -OCH3 is 1. The number of aryl methyl sites for hydroxylation is 1. The van der Waals surface area contributed by atoms with Crippen LogP contribution in [0.5, 0.6) is 5.75 Å². The summed E-state index contributed by atoms with van der Waals surface area (Å²) in [6.07, 6.45) is 2.12. The Bertz CT molecular complexity index is 403. The van der Waals surface area contributed by atoms with E-state index in [0.29, 0.717) is 11.2 Å². The first-order valence-electron chi connectivity index (χ1n) is 6.32. The van der Waals surface area contributed by atoms with E-state index in [1.54, 1.807) is 7.11 Å². The Labute approximate surface area is 115 Å². The number of hydrogen-bond acceptors (Lipinski definition) is 2. The van der Waals surface area contributed by atoms with E-state index in [1.165, 1.54) is 5.56 Å². The fourth-order valence-corrected chi connectivity index (χ4v) is 2.03. The third-order valence-corrected chi connectivity index (χ3v) is 3.14. The van der Waals surface area contributed by atoms with Gasteiger partial charge in [0.1, 0.15) is 5.75 Å². The zero-order chi connectivity index (χ0) is 13.5. The van der Waals surface area contributed by atoms with Crippen LogP contribution in [0.25, 0.3) is 0 Å². The van der Waals surface area contributed by atoms with Gasteiger partial charge in [-0.05, 0) is 49.7 Å². The molecule has 3 nitrogen and oxygen atoms in total. The minimum atomic E-state index is 0.417. The molecule has 0 unspecified atom stereocenters. The first kappa shape index (κ1) is 14.8. The Morgan fingerprint density at radius 3 is 2.56 bits per heavy atom. The van der Waals surface area contributed by atoms with Gasteiger partial charge >= 0.3 is 0 Å². The molecule has 0 spiro atoms. The minimum Gasteiger partial charge on any atom is -0.495 e. The summed E-state index contributed by atoms with van der Waals surface area (Å²) >= 11 is 5.32. The minimum absolute atomic E-state index is 0.417. The predicted octanol–water partition coefficient (Wildman–Crippen LogP) is 3.48. The van der Waals surface area contributed by atoms with Gasteiger partial charge in [-0.3, -0.25) is 0 Å². The van der Waals surface area contributed by atoms with Crippen molar-refractivity contribution in [1.29, 1.82) is 0 Å². The first-order chi connectivity index (χ1) is 8.60. The first-order valence-corrected chi connectivity index (χ1v) is 6.73. The van der Waals surface area contributed by atoms with Crippen molar-refractivity contribution in [2.24, 2.45) is 0 Å². The van der Waals surface area contributed by atoms with Gasteiger partial charge in [0.2, 0.25) is 0 Å². The van der Waals surface area contributed by atoms with Crippen molar-refractivity contribution in [3.8, 4) is 5.75 Å². The van der Waals surface area contributed by atoms with Gasteiger partial charge in [-0.1, -0.05) is 19.9 Å². The molecule has 0 fully saturated rings. The number of anilines is 1. The van der Waals surface area contributed by atoms with Gasteiger partial charge in [0, 0.05) is 6.04 Å². The van der Waals surface area contributed by atoms with Crippen molar-refractivity contribution in [1.82, 2.24) is 5.32 Å². The van der Waals surface area contributed by atoms with Gasteiger partial charge in [-0.2, -0.15) is 0 Å². The molecule has 0 aliphatic rings. The van der Waals surface area contributed by atoms with Gasteiger partial charge in [0.25, 0.3) is 0 Å². The quantitative estimate of drug-likeness (QED) is 0.799. The summed E-state index contributed by atoms with van der Waals surface area (Å²) in [5.41, 5.74) is 2.07. The van der Waals surface area contributed by atoms with E-state index >= 15 is 0 Å². The molecular weight excluding hydrogens is 244 g/mol. The summed E-state index contributed by atoms with van der Waals surface area (Å²) < 4.78 is 5.31. The van der Waals surface area contributed by atoms with E-state index in [1.807, 2.05) is 25.1 Å². The van der Waals surface area contributed by atoms with E-state index in [4.69, 9.17) is 17.0 Å². The molecule has 0 aromatic heterocycles. The second kappa shape index (κ2) is 7.21. The molecule has 1 rings (SSSR count). The van der Waals surface area contributed by atoms with Crippen LogP contribution in [0.2, 0.25) is 0 Å². The number of ether oxygens (including phenoxy) is 1. The van der Waals surface area contributed by atoms with Crippen LogP contribution < -0.4 is 15.4 Å². The average Bonchev–Trinajstić information content (AvgIpc) is 2.36. The Kier molecular flexibility index (Phi) is 5.92. The molecule has 0 heterocycles. The summed E-state index contributed by atoms with van der Waals surface area (Å²) in [7, 11) is 1.66. The average molecular weight is 266 g/mol. The van der Waals surface area contributed by atoms with Gasteiger partial charge in [0.15, 0.2) is 5.11 Å². The fraction of sp³-hybridized carbons (Fsp3) is 0.500. The predicted molar refractivity (Wildman–Crippen MR) is 81.5 cm³/mol. The Morgan fingerprint density at radius 2 is 2.00 bits per heavy atom. The van der Waals surface area contributed by atoms with Crippen molar-refractivity contribution < 1.29 is 4.74 Å². The molecule has 0 amide bonds. The van der Waals surface area contributed by atoms with E-state index in [0.717, 1.165) is 24.3 Å². The van der Waals surface area contributed by atoms with Crippen molar-refractivity contribution >= 4 is 23.0 Å². The molecule has 0 aliphatic heterocycles. The molecule has 1 aromatic carbocycles. The van der Waals surface area contributed by atoms with Gasteiger partial charge < -0.3 is 15.4 Å². The van der Waals surface area contributed by atoms with Gasteiger partial charge in [-0.15, -0.1) is 0 Å². The summed E-state index contributed by atoms with van der Waals surface area (Å²) in [5.74, 6) is 0.800. The van der Waals surface area contributed by atoms with Crippen LogP contribution in [0.15, 0.2) is 18.2 Å². The van der Waals surface area contributed by atoms with Crippen molar-refractivity contribution in [2.45, 2.75) is 39.7 Å². The van der Waals surface area contributed by atoms with E-state index < -0.39 is 0 Å². The second-order valence-corrected chi connectivity index (χ2v) is 4.72. The zero-order valence-electron chi connectivity index (χ0n) is 11.5. The molecule has 4 heteroatoms. The summed E-state index contributed by atoms with van der Waals surface area (Å²) in [6, 6.07) is 6.40. The summed E-state index contributed by atoms with van der Waals surface area (Å²) in [6.45, 7) is 6.34. The highest BCUT2D eigenvalue weighted by Gasteiger charge is 2.08. The SMILES string of the molecule is CCC(CC)NC(=S)Nc1cc(C)ccc1OC. The van der Waals surface area contributed by atoms with Crippen LogP contribution in [-0.2, 0) is 0 Å². The number of hydrogen-bond donors (Lipinski definition) is 2. The lowest BCUT2D eigenvalue weighted by molar-refractivity contribution is 0.417. The molecule has 0 atom stereocenters. The molecule has 2 N–H and O–H groups in total. The van der Waals surface area contributed by atoms with Crippen LogP contribution in [0.3, 0.4) is 0 Å². The van der Waals surface area contributed by atoms with Gasteiger partial charge in [-0.25, -0.2) is 0 Å². The van der Waals surface area contributed by atoms with Crippen LogP contribution >= 0.6 is 12.2 Å². The summed E-state index contributed by atoms with van der Waals surface area (Å²) in [4.78, 5) is 0. The van der Waals surface area contributed by atoms with E-state index in [9.17, 15) is 0 Å². The highest BCUT2D eigenvalue weighted by molar-refractivity contribution is 7.80. The molecule has 100 valence electrons. The fourth-order valence-electron chi connectivity index (χ4n) is 1.76. The molecular formula is C14H22N2OS.